The summed E-state index contributed by atoms with van der Waals surface area (Å²) in [5.41, 5.74) is 2.32. The zero-order valence-electron chi connectivity index (χ0n) is 12.4. The van der Waals surface area contributed by atoms with Crippen LogP contribution in [0.1, 0.15) is 37.6 Å². The highest BCUT2D eigenvalue weighted by Crippen LogP contribution is 2.22. The molecule has 1 aromatic heterocycles. The molecule has 2 rings (SSSR count). The lowest BCUT2D eigenvalue weighted by Crippen LogP contribution is -2.27. The first-order valence-electron chi connectivity index (χ1n) is 7.50. The van der Waals surface area contributed by atoms with Crippen LogP contribution < -0.4 is 5.32 Å². The summed E-state index contributed by atoms with van der Waals surface area (Å²) in [6, 6.07) is 11.0. The molecule has 1 atom stereocenters. The summed E-state index contributed by atoms with van der Waals surface area (Å²) in [4.78, 5) is 4.78. The van der Waals surface area contributed by atoms with Crippen molar-refractivity contribution in [2.45, 2.75) is 45.1 Å². The first-order chi connectivity index (χ1) is 9.83. The first-order valence-corrected chi connectivity index (χ1v) is 8.38. The van der Waals surface area contributed by atoms with Crippen LogP contribution in [-0.4, -0.2) is 18.1 Å². The van der Waals surface area contributed by atoms with Gasteiger partial charge in [0.2, 0.25) is 0 Å². The highest BCUT2D eigenvalue weighted by atomic mass is 32.1. The van der Waals surface area contributed by atoms with Crippen molar-refractivity contribution in [2.75, 3.05) is 7.05 Å². The third-order valence-corrected chi connectivity index (χ3v) is 4.48. The number of likely N-dealkylation sites (N-methyl/N-ethyl adjacent to an activating group) is 1. The number of aromatic nitrogens is 1. The molecule has 0 fully saturated rings. The lowest BCUT2D eigenvalue weighted by atomic mass is 10.1. The van der Waals surface area contributed by atoms with E-state index in [4.69, 9.17) is 4.98 Å². The van der Waals surface area contributed by atoms with Gasteiger partial charge in [0.05, 0.1) is 10.7 Å². The summed E-state index contributed by atoms with van der Waals surface area (Å²) in [5, 5.41) is 6.83. The smallest absolute Gasteiger partial charge is 0.0948 e. The molecule has 0 saturated carbocycles. The van der Waals surface area contributed by atoms with Gasteiger partial charge in [0.1, 0.15) is 0 Å². The molecule has 1 aromatic carbocycles. The summed E-state index contributed by atoms with van der Waals surface area (Å²) in [6.07, 6.45) is 6.19. The molecule has 0 aliphatic heterocycles. The Morgan fingerprint density at radius 2 is 2.00 bits per heavy atom. The number of rotatable bonds is 8. The number of hydrogen-bond acceptors (Lipinski definition) is 3. The molecule has 1 N–H and O–H groups in total. The van der Waals surface area contributed by atoms with E-state index < -0.39 is 0 Å². The van der Waals surface area contributed by atoms with E-state index in [-0.39, 0.29) is 0 Å². The SMILES string of the molecule is CCCCCC(Cc1nc(-c2ccccc2)cs1)NC. The van der Waals surface area contributed by atoms with Crippen LogP contribution in [0.3, 0.4) is 0 Å². The van der Waals surface area contributed by atoms with Gasteiger partial charge in [0.25, 0.3) is 0 Å². The molecule has 0 bridgehead atoms. The topological polar surface area (TPSA) is 24.9 Å². The standard InChI is InChI=1S/C17H24N2S/c1-3-4-6-11-15(18-2)12-17-19-16(13-20-17)14-9-7-5-8-10-14/h5,7-10,13,15,18H,3-4,6,11-12H2,1-2H3. The molecule has 0 aliphatic carbocycles. The maximum Gasteiger partial charge on any atom is 0.0948 e. The van der Waals surface area contributed by atoms with Gasteiger partial charge in [-0.25, -0.2) is 4.98 Å². The summed E-state index contributed by atoms with van der Waals surface area (Å²) < 4.78 is 0. The van der Waals surface area contributed by atoms with Gasteiger partial charge in [-0.3, -0.25) is 0 Å². The summed E-state index contributed by atoms with van der Waals surface area (Å²) in [7, 11) is 2.06. The first kappa shape index (κ1) is 15.2. The zero-order chi connectivity index (χ0) is 14.2. The van der Waals surface area contributed by atoms with E-state index >= 15 is 0 Å². The fourth-order valence-corrected chi connectivity index (χ4v) is 3.23. The largest absolute Gasteiger partial charge is 0.317 e. The Labute approximate surface area is 126 Å². The average Bonchev–Trinajstić information content (AvgIpc) is 2.96. The second kappa shape index (κ2) is 8.18. The van der Waals surface area contributed by atoms with Gasteiger partial charge in [0, 0.05) is 23.4 Å². The fraction of sp³-hybridized carbons (Fsp3) is 0.471. The number of nitrogens with one attached hydrogen (secondary N) is 1. The van der Waals surface area contributed by atoms with Gasteiger partial charge < -0.3 is 5.32 Å². The minimum atomic E-state index is 0.552. The number of nitrogens with zero attached hydrogens (tertiary/aromatic N) is 1. The Kier molecular flexibility index (Phi) is 6.22. The second-order valence-electron chi connectivity index (χ2n) is 5.18. The van der Waals surface area contributed by atoms with Crippen LogP contribution in [0, 0.1) is 0 Å². The monoisotopic (exact) mass is 288 g/mol. The van der Waals surface area contributed by atoms with Crippen molar-refractivity contribution in [1.82, 2.24) is 10.3 Å². The number of hydrogen-bond donors (Lipinski definition) is 1. The fourth-order valence-electron chi connectivity index (χ4n) is 2.35. The van der Waals surface area contributed by atoms with Crippen LogP contribution in [0.4, 0.5) is 0 Å². The van der Waals surface area contributed by atoms with E-state index in [0.717, 1.165) is 12.1 Å². The van der Waals surface area contributed by atoms with Gasteiger partial charge in [-0.15, -0.1) is 11.3 Å². The molecule has 20 heavy (non-hydrogen) atoms. The van der Waals surface area contributed by atoms with E-state index in [1.54, 1.807) is 11.3 Å². The Hall–Kier alpha value is -1.19. The van der Waals surface area contributed by atoms with Crippen molar-refractivity contribution in [3.05, 3.63) is 40.7 Å². The van der Waals surface area contributed by atoms with Gasteiger partial charge in [-0.1, -0.05) is 56.5 Å². The van der Waals surface area contributed by atoms with Crippen molar-refractivity contribution >= 4 is 11.3 Å². The normalized spacial score (nSPS) is 12.5. The minimum absolute atomic E-state index is 0.552. The lowest BCUT2D eigenvalue weighted by molar-refractivity contribution is 0.489. The van der Waals surface area contributed by atoms with Crippen LogP contribution in [0.5, 0.6) is 0 Å². The molecule has 1 unspecified atom stereocenters. The summed E-state index contributed by atoms with van der Waals surface area (Å²) in [5.74, 6) is 0. The van der Waals surface area contributed by atoms with Crippen molar-refractivity contribution < 1.29 is 0 Å². The molecular weight excluding hydrogens is 264 g/mol. The molecule has 3 heteroatoms. The van der Waals surface area contributed by atoms with E-state index in [0.29, 0.717) is 6.04 Å². The molecule has 2 aromatic rings. The maximum atomic E-state index is 4.78. The van der Waals surface area contributed by atoms with Gasteiger partial charge in [-0.2, -0.15) is 0 Å². The highest BCUT2D eigenvalue weighted by molar-refractivity contribution is 7.09. The average molecular weight is 288 g/mol. The highest BCUT2D eigenvalue weighted by Gasteiger charge is 2.10. The number of benzene rings is 1. The van der Waals surface area contributed by atoms with Crippen molar-refractivity contribution in [1.29, 1.82) is 0 Å². The zero-order valence-corrected chi connectivity index (χ0v) is 13.2. The van der Waals surface area contributed by atoms with E-state index in [9.17, 15) is 0 Å². The Morgan fingerprint density at radius 1 is 1.20 bits per heavy atom. The van der Waals surface area contributed by atoms with Crippen LogP contribution in [0.25, 0.3) is 11.3 Å². The Bertz CT molecular complexity index is 493. The minimum Gasteiger partial charge on any atom is -0.317 e. The Balaban J connectivity index is 1.94. The molecule has 2 nitrogen and oxygen atoms in total. The van der Waals surface area contributed by atoms with Gasteiger partial charge >= 0.3 is 0 Å². The van der Waals surface area contributed by atoms with Crippen LogP contribution in [0.2, 0.25) is 0 Å². The van der Waals surface area contributed by atoms with Gasteiger partial charge in [-0.05, 0) is 13.5 Å². The van der Waals surface area contributed by atoms with Crippen molar-refractivity contribution in [2.24, 2.45) is 0 Å². The van der Waals surface area contributed by atoms with Crippen LogP contribution >= 0.6 is 11.3 Å². The molecule has 0 aliphatic rings. The molecule has 0 saturated heterocycles. The third-order valence-electron chi connectivity index (χ3n) is 3.61. The van der Waals surface area contributed by atoms with E-state index in [1.807, 2.05) is 6.07 Å². The summed E-state index contributed by atoms with van der Waals surface area (Å²) in [6.45, 7) is 2.25. The summed E-state index contributed by atoms with van der Waals surface area (Å²) >= 11 is 1.78. The van der Waals surface area contributed by atoms with Crippen LogP contribution in [0.15, 0.2) is 35.7 Å². The molecular formula is C17H24N2S. The van der Waals surface area contributed by atoms with Crippen molar-refractivity contribution in [3.63, 3.8) is 0 Å². The predicted molar refractivity (Wildman–Crippen MR) is 88.2 cm³/mol. The van der Waals surface area contributed by atoms with E-state index in [1.165, 1.54) is 36.3 Å². The third kappa shape index (κ3) is 4.43. The molecule has 0 radical (unpaired) electrons. The maximum absolute atomic E-state index is 4.78. The Morgan fingerprint density at radius 3 is 2.70 bits per heavy atom. The molecule has 1 heterocycles. The molecule has 108 valence electrons. The van der Waals surface area contributed by atoms with Crippen molar-refractivity contribution in [3.8, 4) is 11.3 Å². The lowest BCUT2D eigenvalue weighted by Gasteiger charge is -2.14. The number of unbranched alkanes of at least 4 members (excludes halogenated alkanes) is 2. The number of thiazole rings is 1. The predicted octanol–water partition coefficient (Wildman–Crippen LogP) is 4.52. The molecule has 0 amide bonds. The van der Waals surface area contributed by atoms with Crippen LogP contribution in [-0.2, 0) is 6.42 Å². The molecule has 0 spiro atoms. The quantitative estimate of drug-likeness (QED) is 0.722. The van der Waals surface area contributed by atoms with E-state index in [2.05, 4.69) is 48.9 Å². The van der Waals surface area contributed by atoms with Gasteiger partial charge in [0.15, 0.2) is 0 Å². The second-order valence-corrected chi connectivity index (χ2v) is 6.12.